The monoisotopic (exact) mass is 594 g/mol. The smallest absolute Gasteiger partial charge is 0.164 e. The molecule has 4 nitrogen and oxygen atoms in total. The summed E-state index contributed by atoms with van der Waals surface area (Å²) < 4.78 is 0. The van der Waals surface area contributed by atoms with Gasteiger partial charge in [0.25, 0.3) is 0 Å². The molecule has 222 valence electrons. The zero-order valence-corrected chi connectivity index (χ0v) is 25.7. The Hall–Kier alpha value is -4.96. The summed E-state index contributed by atoms with van der Waals surface area (Å²) in [5.41, 5.74) is 10.8. The molecule has 0 saturated heterocycles. The Bertz CT molecular complexity index is 2070. The molecule has 4 aromatic carbocycles. The third-order valence-corrected chi connectivity index (χ3v) is 11.6. The number of pyridine rings is 1. The normalized spacial score (nSPS) is 25.0. The molecule has 4 bridgehead atoms. The van der Waals surface area contributed by atoms with Crippen LogP contribution in [0.5, 0.6) is 0 Å². The maximum absolute atomic E-state index is 5.30. The van der Waals surface area contributed by atoms with E-state index in [0.717, 1.165) is 34.4 Å². The summed E-state index contributed by atoms with van der Waals surface area (Å²) >= 11 is 0. The number of hydrogen-bond acceptors (Lipinski definition) is 4. The van der Waals surface area contributed by atoms with E-state index in [4.69, 9.17) is 19.9 Å². The van der Waals surface area contributed by atoms with E-state index in [-0.39, 0.29) is 5.41 Å². The maximum atomic E-state index is 5.30. The van der Waals surface area contributed by atoms with Crippen LogP contribution in [0.3, 0.4) is 0 Å². The van der Waals surface area contributed by atoms with Crippen molar-refractivity contribution in [3.05, 3.63) is 133 Å². The van der Waals surface area contributed by atoms with Crippen molar-refractivity contribution in [1.29, 1.82) is 0 Å². The number of fused-ring (bicyclic) bond motifs is 3. The minimum Gasteiger partial charge on any atom is -0.260 e. The van der Waals surface area contributed by atoms with Crippen LogP contribution < -0.4 is 0 Å². The lowest BCUT2D eigenvalue weighted by Crippen LogP contribution is -2.55. The SMILES string of the molecule is c1ccc(-c2ccc(-c3nc(-c4ccccc4)nc(-c4cccc5c4C4(c6ncccc6-5)C5CC6CC(C5)CC4C6)n3)cc2)cc1. The molecule has 0 N–H and O–H groups in total. The highest BCUT2D eigenvalue weighted by molar-refractivity contribution is 5.87. The molecule has 2 heterocycles. The average molecular weight is 595 g/mol. The average Bonchev–Trinajstić information content (AvgIpc) is 3.42. The first-order valence-corrected chi connectivity index (χ1v) is 16.8. The molecule has 0 aliphatic heterocycles. The molecule has 4 fully saturated rings. The number of rotatable bonds is 4. The largest absolute Gasteiger partial charge is 0.260 e. The van der Waals surface area contributed by atoms with Crippen LogP contribution in [0.2, 0.25) is 0 Å². The lowest BCUT2D eigenvalue weighted by molar-refractivity contribution is -0.0413. The van der Waals surface area contributed by atoms with Gasteiger partial charge in [0.05, 0.1) is 5.69 Å². The van der Waals surface area contributed by atoms with E-state index in [2.05, 4.69) is 109 Å². The van der Waals surface area contributed by atoms with Gasteiger partial charge in [-0.2, -0.15) is 0 Å². The molecule has 5 aliphatic carbocycles. The zero-order chi connectivity index (χ0) is 30.2. The van der Waals surface area contributed by atoms with Crippen LogP contribution in [-0.4, -0.2) is 19.9 Å². The van der Waals surface area contributed by atoms with Crippen molar-refractivity contribution in [2.45, 2.75) is 37.5 Å². The molecule has 5 aliphatic rings. The third-order valence-electron chi connectivity index (χ3n) is 11.6. The topological polar surface area (TPSA) is 51.6 Å². The van der Waals surface area contributed by atoms with Gasteiger partial charge in [-0.15, -0.1) is 0 Å². The van der Waals surface area contributed by atoms with Crippen LogP contribution in [0, 0.1) is 23.7 Å². The Morgan fingerprint density at radius 2 is 0.957 bits per heavy atom. The summed E-state index contributed by atoms with van der Waals surface area (Å²) in [5.74, 6) is 5.12. The first kappa shape index (κ1) is 26.3. The summed E-state index contributed by atoms with van der Waals surface area (Å²) in [4.78, 5) is 20.8. The fourth-order valence-corrected chi connectivity index (χ4v) is 9.99. The van der Waals surface area contributed by atoms with Gasteiger partial charge in [-0.25, -0.2) is 15.0 Å². The van der Waals surface area contributed by atoms with Gasteiger partial charge in [0, 0.05) is 33.9 Å². The van der Waals surface area contributed by atoms with E-state index in [1.54, 1.807) is 0 Å². The standard InChI is InChI=1S/C42H34N4/c1-3-9-28(10-4-1)29-16-18-31(19-17-29)40-44-39(30-11-5-2-6-12-30)45-41(46-40)36-14-7-13-34-35-15-8-20-43-38(35)42(37(34)36)32-22-26-21-27(24-32)25-33(42)23-26/h1-20,26-27,32-33H,21-25H2. The Labute approximate surface area is 269 Å². The van der Waals surface area contributed by atoms with Gasteiger partial charge in [-0.3, -0.25) is 4.98 Å². The van der Waals surface area contributed by atoms with Crippen LogP contribution in [0.4, 0.5) is 0 Å². The summed E-state index contributed by atoms with van der Waals surface area (Å²) in [7, 11) is 0. The second kappa shape index (κ2) is 10.0. The minimum atomic E-state index is -0.0764. The molecule has 4 heteroatoms. The highest BCUT2D eigenvalue weighted by Gasteiger charge is 2.63. The first-order valence-electron chi connectivity index (χ1n) is 16.8. The van der Waals surface area contributed by atoms with E-state index in [1.165, 1.54) is 65.6 Å². The van der Waals surface area contributed by atoms with Gasteiger partial charge in [0.15, 0.2) is 17.5 Å². The quantitative estimate of drug-likeness (QED) is 0.204. The number of nitrogens with zero attached hydrogens (tertiary/aromatic N) is 4. The predicted octanol–water partition coefficient (Wildman–Crippen LogP) is 9.66. The molecule has 0 radical (unpaired) electrons. The second-order valence-corrected chi connectivity index (χ2v) is 13.9. The van der Waals surface area contributed by atoms with Crippen molar-refractivity contribution in [3.8, 4) is 56.4 Å². The van der Waals surface area contributed by atoms with Crippen molar-refractivity contribution in [2.75, 3.05) is 0 Å². The zero-order valence-electron chi connectivity index (χ0n) is 25.7. The van der Waals surface area contributed by atoms with E-state index >= 15 is 0 Å². The summed E-state index contributed by atoms with van der Waals surface area (Å²) in [6.45, 7) is 0. The maximum Gasteiger partial charge on any atom is 0.164 e. The first-order chi connectivity index (χ1) is 22.8. The fourth-order valence-electron chi connectivity index (χ4n) is 9.99. The Morgan fingerprint density at radius 1 is 0.435 bits per heavy atom. The molecule has 0 unspecified atom stereocenters. The number of hydrogen-bond donors (Lipinski definition) is 0. The molecule has 0 amide bonds. The van der Waals surface area contributed by atoms with Crippen LogP contribution in [0.25, 0.3) is 56.4 Å². The highest BCUT2D eigenvalue weighted by atomic mass is 15.0. The summed E-state index contributed by atoms with van der Waals surface area (Å²) in [6.07, 6.45) is 8.67. The van der Waals surface area contributed by atoms with E-state index in [9.17, 15) is 0 Å². The van der Waals surface area contributed by atoms with Crippen LogP contribution >= 0.6 is 0 Å². The molecular weight excluding hydrogens is 560 g/mol. The number of benzene rings is 4. The molecule has 11 rings (SSSR count). The predicted molar refractivity (Wildman–Crippen MR) is 183 cm³/mol. The molecule has 4 saturated carbocycles. The van der Waals surface area contributed by atoms with Gasteiger partial charge in [-0.1, -0.05) is 109 Å². The molecule has 0 atom stereocenters. The van der Waals surface area contributed by atoms with E-state index < -0.39 is 0 Å². The molecule has 6 aromatic rings. The van der Waals surface area contributed by atoms with Crippen LogP contribution in [0.1, 0.15) is 43.4 Å². The Morgan fingerprint density at radius 3 is 1.63 bits per heavy atom. The Balaban J connectivity index is 1.18. The van der Waals surface area contributed by atoms with Gasteiger partial charge >= 0.3 is 0 Å². The molecular formula is C42H34N4. The van der Waals surface area contributed by atoms with Gasteiger partial charge in [-0.05, 0) is 84.1 Å². The van der Waals surface area contributed by atoms with E-state index in [0.29, 0.717) is 23.5 Å². The molecule has 46 heavy (non-hydrogen) atoms. The lowest BCUT2D eigenvalue weighted by atomic mass is 9.43. The summed E-state index contributed by atoms with van der Waals surface area (Å²) in [5, 5.41) is 0. The van der Waals surface area contributed by atoms with E-state index in [1.807, 2.05) is 12.3 Å². The fraction of sp³-hybridized carbons (Fsp3) is 0.238. The third kappa shape index (κ3) is 3.79. The van der Waals surface area contributed by atoms with Gasteiger partial charge in [0.2, 0.25) is 0 Å². The van der Waals surface area contributed by atoms with Crippen molar-refractivity contribution in [1.82, 2.24) is 19.9 Å². The van der Waals surface area contributed by atoms with Crippen LogP contribution in [0.15, 0.2) is 121 Å². The second-order valence-electron chi connectivity index (χ2n) is 13.9. The minimum absolute atomic E-state index is 0.0764. The van der Waals surface area contributed by atoms with Crippen molar-refractivity contribution < 1.29 is 0 Å². The van der Waals surface area contributed by atoms with Gasteiger partial charge < -0.3 is 0 Å². The van der Waals surface area contributed by atoms with Crippen LogP contribution in [-0.2, 0) is 5.41 Å². The highest BCUT2D eigenvalue weighted by Crippen LogP contribution is 2.69. The summed E-state index contributed by atoms with van der Waals surface area (Å²) in [6, 6.07) is 40.7. The number of aromatic nitrogens is 4. The molecule has 2 aromatic heterocycles. The Kier molecular flexibility index (Phi) is 5.72. The lowest BCUT2D eigenvalue weighted by Gasteiger charge is -2.60. The van der Waals surface area contributed by atoms with Gasteiger partial charge in [0.1, 0.15) is 0 Å². The van der Waals surface area contributed by atoms with Crippen molar-refractivity contribution >= 4 is 0 Å². The van der Waals surface area contributed by atoms with Crippen molar-refractivity contribution in [3.63, 3.8) is 0 Å². The van der Waals surface area contributed by atoms with Crippen molar-refractivity contribution in [2.24, 2.45) is 23.7 Å². The molecule has 1 spiro atoms.